The van der Waals surface area contributed by atoms with E-state index in [9.17, 15) is 23.3 Å². The van der Waals surface area contributed by atoms with Crippen LogP contribution in [0.1, 0.15) is 25.7 Å². The summed E-state index contributed by atoms with van der Waals surface area (Å²) in [7, 11) is 0. The highest BCUT2D eigenvalue weighted by Gasteiger charge is 2.35. The number of benzene rings is 1. The lowest BCUT2D eigenvalue weighted by Gasteiger charge is -2.28. The molecule has 7 heteroatoms. The van der Waals surface area contributed by atoms with Crippen LogP contribution in [-0.4, -0.2) is 17.5 Å². The number of alkyl halides is 2. The zero-order valence-corrected chi connectivity index (χ0v) is 10.7. The molecule has 2 rings (SSSR count). The molecule has 0 N–H and O–H groups in total. The zero-order valence-electron chi connectivity index (χ0n) is 10.7. The first-order valence-corrected chi connectivity index (χ1v) is 6.32. The third kappa shape index (κ3) is 3.61. The lowest BCUT2D eigenvalue weighted by molar-refractivity contribution is -0.385. The van der Waals surface area contributed by atoms with Crippen LogP contribution in [0.25, 0.3) is 0 Å². The molecule has 0 amide bonds. The number of non-ortho nitro benzene ring substituents is 1. The molecule has 110 valence electrons. The van der Waals surface area contributed by atoms with Crippen molar-refractivity contribution in [3.8, 4) is 5.75 Å². The standard InChI is InChI=1S/C13H14F3NO3/c14-11-7-10(17(18)19)1-2-12(11)20-8-9-3-5-13(15,16)6-4-9/h1-2,7,9H,3-6,8H2. The Morgan fingerprint density at radius 1 is 1.35 bits per heavy atom. The molecule has 0 bridgehead atoms. The molecule has 1 fully saturated rings. The van der Waals surface area contributed by atoms with Crippen LogP contribution < -0.4 is 4.74 Å². The van der Waals surface area contributed by atoms with E-state index in [-0.39, 0.29) is 36.8 Å². The molecule has 0 spiro atoms. The van der Waals surface area contributed by atoms with E-state index in [2.05, 4.69) is 0 Å². The molecule has 0 aromatic heterocycles. The van der Waals surface area contributed by atoms with Crippen molar-refractivity contribution in [2.45, 2.75) is 31.6 Å². The fourth-order valence-electron chi connectivity index (χ4n) is 2.19. The summed E-state index contributed by atoms with van der Waals surface area (Å²) in [4.78, 5) is 9.76. The Morgan fingerprint density at radius 2 is 2.00 bits per heavy atom. The smallest absolute Gasteiger partial charge is 0.272 e. The molecule has 4 nitrogen and oxygen atoms in total. The quantitative estimate of drug-likeness (QED) is 0.623. The van der Waals surface area contributed by atoms with Crippen molar-refractivity contribution >= 4 is 5.69 Å². The molecule has 1 aromatic rings. The fraction of sp³-hybridized carbons (Fsp3) is 0.538. The van der Waals surface area contributed by atoms with Crippen LogP contribution in [0.3, 0.4) is 0 Å². The minimum absolute atomic E-state index is 0.0378. The van der Waals surface area contributed by atoms with Gasteiger partial charge in [-0.1, -0.05) is 0 Å². The highest BCUT2D eigenvalue weighted by Crippen LogP contribution is 2.36. The topological polar surface area (TPSA) is 52.4 Å². The number of hydrogen-bond donors (Lipinski definition) is 0. The van der Waals surface area contributed by atoms with Gasteiger partial charge in [0, 0.05) is 18.9 Å². The van der Waals surface area contributed by atoms with Gasteiger partial charge in [-0.15, -0.1) is 0 Å². The summed E-state index contributed by atoms with van der Waals surface area (Å²) in [6.07, 6.45) is 0.316. The van der Waals surface area contributed by atoms with Crippen LogP contribution in [0.4, 0.5) is 18.9 Å². The Bertz CT molecular complexity index is 498. The molecule has 1 aliphatic carbocycles. The molecule has 0 aliphatic heterocycles. The maximum atomic E-state index is 13.5. The molecule has 1 saturated carbocycles. The predicted molar refractivity (Wildman–Crippen MR) is 65.5 cm³/mol. The highest BCUT2D eigenvalue weighted by molar-refractivity contribution is 5.37. The fourth-order valence-corrected chi connectivity index (χ4v) is 2.19. The van der Waals surface area contributed by atoms with Crippen molar-refractivity contribution in [2.24, 2.45) is 5.92 Å². The summed E-state index contributed by atoms with van der Waals surface area (Å²) in [5.74, 6) is -3.55. The average molecular weight is 289 g/mol. The molecule has 1 aliphatic rings. The largest absolute Gasteiger partial charge is 0.490 e. The van der Waals surface area contributed by atoms with Crippen LogP contribution in [0.2, 0.25) is 0 Å². The molecule has 1 aromatic carbocycles. The van der Waals surface area contributed by atoms with E-state index < -0.39 is 16.7 Å². The van der Waals surface area contributed by atoms with E-state index in [0.717, 1.165) is 12.1 Å². The molecule has 0 unspecified atom stereocenters. The van der Waals surface area contributed by atoms with Gasteiger partial charge in [0.2, 0.25) is 5.92 Å². The van der Waals surface area contributed by atoms with Crippen molar-refractivity contribution in [1.29, 1.82) is 0 Å². The molecular formula is C13H14F3NO3. The number of hydrogen-bond acceptors (Lipinski definition) is 3. The second-order valence-electron chi connectivity index (χ2n) is 4.98. The first kappa shape index (κ1) is 14.6. The van der Waals surface area contributed by atoms with E-state index in [1.807, 2.05) is 0 Å². The normalized spacial score (nSPS) is 18.8. The Hall–Kier alpha value is -1.79. The number of ether oxygens (including phenoxy) is 1. The first-order chi connectivity index (χ1) is 9.37. The van der Waals surface area contributed by atoms with Crippen LogP contribution in [0.5, 0.6) is 5.75 Å². The maximum Gasteiger partial charge on any atom is 0.272 e. The van der Waals surface area contributed by atoms with Crippen molar-refractivity contribution in [3.63, 3.8) is 0 Å². The maximum absolute atomic E-state index is 13.5. The summed E-state index contributed by atoms with van der Waals surface area (Å²) in [6.45, 7) is 0.144. The summed E-state index contributed by atoms with van der Waals surface area (Å²) in [5, 5.41) is 10.5. The van der Waals surface area contributed by atoms with Gasteiger partial charge in [-0.3, -0.25) is 10.1 Å². The average Bonchev–Trinajstić information content (AvgIpc) is 2.38. The van der Waals surface area contributed by atoms with Gasteiger partial charge in [0.1, 0.15) is 0 Å². The van der Waals surface area contributed by atoms with Crippen molar-refractivity contribution in [1.82, 2.24) is 0 Å². The lowest BCUT2D eigenvalue weighted by Crippen LogP contribution is -2.27. The van der Waals surface area contributed by atoms with Crippen molar-refractivity contribution in [3.05, 3.63) is 34.1 Å². The minimum Gasteiger partial charge on any atom is -0.490 e. The molecule has 0 atom stereocenters. The van der Waals surface area contributed by atoms with Crippen LogP contribution in [-0.2, 0) is 0 Å². The van der Waals surface area contributed by atoms with Gasteiger partial charge >= 0.3 is 0 Å². The zero-order chi connectivity index (χ0) is 14.8. The second-order valence-corrected chi connectivity index (χ2v) is 4.98. The Morgan fingerprint density at radius 3 is 2.55 bits per heavy atom. The second kappa shape index (κ2) is 5.68. The van der Waals surface area contributed by atoms with Gasteiger partial charge < -0.3 is 4.74 Å². The Labute approximate surface area is 113 Å². The first-order valence-electron chi connectivity index (χ1n) is 6.32. The number of halogens is 3. The molecule has 0 heterocycles. The SMILES string of the molecule is O=[N+]([O-])c1ccc(OCC2CCC(F)(F)CC2)c(F)c1. The lowest BCUT2D eigenvalue weighted by atomic mass is 9.87. The summed E-state index contributed by atoms with van der Waals surface area (Å²) < 4.78 is 44.7. The van der Waals surface area contributed by atoms with Gasteiger partial charge in [0.05, 0.1) is 17.6 Å². The molecule has 0 radical (unpaired) electrons. The van der Waals surface area contributed by atoms with E-state index in [0.29, 0.717) is 12.8 Å². The highest BCUT2D eigenvalue weighted by atomic mass is 19.3. The Kier molecular flexibility index (Phi) is 4.15. The molecular weight excluding hydrogens is 275 g/mol. The van der Waals surface area contributed by atoms with Crippen LogP contribution in [0.15, 0.2) is 18.2 Å². The van der Waals surface area contributed by atoms with Crippen molar-refractivity contribution in [2.75, 3.05) is 6.61 Å². The third-order valence-corrected chi connectivity index (χ3v) is 3.44. The Balaban J connectivity index is 1.90. The van der Waals surface area contributed by atoms with Crippen LogP contribution >= 0.6 is 0 Å². The molecule has 0 saturated heterocycles. The van der Waals surface area contributed by atoms with Gasteiger partial charge in [-0.25, -0.2) is 13.2 Å². The van der Waals surface area contributed by atoms with E-state index >= 15 is 0 Å². The predicted octanol–water partition coefficient (Wildman–Crippen LogP) is 3.94. The van der Waals surface area contributed by atoms with Crippen LogP contribution in [0, 0.1) is 21.8 Å². The van der Waals surface area contributed by atoms with Gasteiger partial charge in [0.15, 0.2) is 11.6 Å². The van der Waals surface area contributed by atoms with E-state index in [1.54, 1.807) is 0 Å². The van der Waals surface area contributed by atoms with Gasteiger partial charge in [-0.2, -0.15) is 0 Å². The number of nitrogens with zero attached hydrogens (tertiary/aromatic N) is 1. The van der Waals surface area contributed by atoms with E-state index in [4.69, 9.17) is 4.74 Å². The number of nitro groups is 1. The van der Waals surface area contributed by atoms with Gasteiger partial charge in [0.25, 0.3) is 5.69 Å². The van der Waals surface area contributed by atoms with Crippen molar-refractivity contribution < 1.29 is 22.8 Å². The number of nitro benzene ring substituents is 1. The molecule has 20 heavy (non-hydrogen) atoms. The summed E-state index contributed by atoms with van der Waals surface area (Å²) in [6, 6.07) is 3.11. The number of rotatable bonds is 4. The summed E-state index contributed by atoms with van der Waals surface area (Å²) in [5.41, 5.74) is -0.354. The summed E-state index contributed by atoms with van der Waals surface area (Å²) >= 11 is 0. The minimum atomic E-state index is -2.60. The monoisotopic (exact) mass is 289 g/mol. The van der Waals surface area contributed by atoms with E-state index in [1.165, 1.54) is 6.07 Å². The van der Waals surface area contributed by atoms with Gasteiger partial charge in [-0.05, 0) is 24.8 Å². The third-order valence-electron chi connectivity index (χ3n) is 3.44.